The number of rotatable bonds is 6. The number of carbonyl (C=O) groups is 2. The minimum Gasteiger partial charge on any atom is -0.493 e. The van der Waals surface area contributed by atoms with Gasteiger partial charge in [0.15, 0.2) is 0 Å². The van der Waals surface area contributed by atoms with Crippen molar-refractivity contribution in [3.05, 3.63) is 71.9 Å². The van der Waals surface area contributed by atoms with Crippen LogP contribution in [0.15, 0.2) is 65.7 Å². The molecule has 2 heterocycles. The van der Waals surface area contributed by atoms with Crippen molar-refractivity contribution in [3.63, 3.8) is 0 Å². The van der Waals surface area contributed by atoms with Crippen molar-refractivity contribution >= 4 is 45.3 Å². The lowest BCUT2D eigenvalue weighted by Gasteiger charge is -2.13. The molecule has 1 N–H and O–H groups in total. The highest BCUT2D eigenvalue weighted by atomic mass is 32.2. The number of aryl methyl sites for hydroxylation is 1. The minimum absolute atomic E-state index is 0.0505. The first-order valence-electron chi connectivity index (χ1n) is 10.3. The van der Waals surface area contributed by atoms with E-state index in [1.165, 1.54) is 0 Å². The molecule has 0 unspecified atom stereocenters. The van der Waals surface area contributed by atoms with Crippen LogP contribution in [0, 0.1) is 0 Å². The molecule has 0 fully saturated rings. The fourth-order valence-corrected chi connectivity index (χ4v) is 5.30. The lowest BCUT2D eigenvalue weighted by atomic mass is 9.98. The van der Waals surface area contributed by atoms with Crippen LogP contribution >= 0.6 is 11.8 Å². The SMILES string of the molecule is O=C(O)c1cc2c3c(ccn3C(=O)CCS2)c1CCCOc1cccc2ccccc12. The highest BCUT2D eigenvalue weighted by Crippen LogP contribution is 2.37. The molecule has 3 aromatic carbocycles. The number of aromatic carboxylic acids is 1. The van der Waals surface area contributed by atoms with Gasteiger partial charge in [0.2, 0.25) is 5.91 Å². The Hall–Kier alpha value is -3.25. The highest BCUT2D eigenvalue weighted by Gasteiger charge is 2.23. The molecule has 0 radical (unpaired) electrons. The molecule has 0 saturated heterocycles. The number of hydrogen-bond donors (Lipinski definition) is 1. The zero-order chi connectivity index (χ0) is 21.4. The quantitative estimate of drug-likeness (QED) is 0.400. The van der Waals surface area contributed by atoms with Gasteiger partial charge in [-0.25, -0.2) is 4.79 Å². The number of aromatic nitrogens is 1. The molecule has 4 aromatic rings. The Bertz CT molecular complexity index is 1320. The number of thioether (sulfide) groups is 1. The third-order valence-corrected chi connectivity index (χ3v) is 6.73. The molecule has 0 atom stereocenters. The van der Waals surface area contributed by atoms with Gasteiger partial charge in [-0.15, -0.1) is 11.8 Å². The summed E-state index contributed by atoms with van der Waals surface area (Å²) in [6.07, 6.45) is 3.44. The molecule has 0 bridgehead atoms. The number of fused-ring (bicyclic) bond motifs is 1. The minimum atomic E-state index is -0.938. The number of carboxylic acids is 1. The van der Waals surface area contributed by atoms with Gasteiger partial charge in [0, 0.05) is 34.0 Å². The molecule has 156 valence electrons. The summed E-state index contributed by atoms with van der Waals surface area (Å²) in [7, 11) is 0. The molecule has 5 rings (SSSR count). The van der Waals surface area contributed by atoms with Crippen molar-refractivity contribution in [3.8, 4) is 5.75 Å². The van der Waals surface area contributed by atoms with E-state index in [1.54, 1.807) is 28.6 Å². The third kappa shape index (κ3) is 3.57. The van der Waals surface area contributed by atoms with E-state index in [4.69, 9.17) is 4.74 Å². The maximum absolute atomic E-state index is 12.4. The first-order valence-corrected chi connectivity index (χ1v) is 11.3. The summed E-state index contributed by atoms with van der Waals surface area (Å²) >= 11 is 1.55. The Kier molecular flexibility index (Phi) is 5.16. The van der Waals surface area contributed by atoms with Crippen LogP contribution in [0.2, 0.25) is 0 Å². The van der Waals surface area contributed by atoms with Gasteiger partial charge in [-0.2, -0.15) is 0 Å². The molecule has 6 heteroatoms. The maximum atomic E-state index is 12.4. The Morgan fingerprint density at radius 1 is 1.10 bits per heavy atom. The molecular weight excluding hydrogens is 410 g/mol. The largest absolute Gasteiger partial charge is 0.493 e. The van der Waals surface area contributed by atoms with E-state index in [-0.39, 0.29) is 5.91 Å². The molecule has 0 spiro atoms. The van der Waals surface area contributed by atoms with Crippen LogP contribution in [-0.4, -0.2) is 33.9 Å². The Balaban J connectivity index is 1.42. The van der Waals surface area contributed by atoms with Crippen molar-refractivity contribution in [2.45, 2.75) is 24.2 Å². The summed E-state index contributed by atoms with van der Waals surface area (Å²) in [4.78, 5) is 25.3. The van der Waals surface area contributed by atoms with E-state index >= 15 is 0 Å². The lowest BCUT2D eigenvalue weighted by molar-refractivity contribution is 0.0695. The lowest BCUT2D eigenvalue weighted by Crippen LogP contribution is -2.09. The zero-order valence-corrected chi connectivity index (χ0v) is 17.7. The Labute approximate surface area is 183 Å². The molecule has 0 aliphatic carbocycles. The summed E-state index contributed by atoms with van der Waals surface area (Å²) in [5.74, 6) is 0.602. The molecule has 1 aliphatic rings. The van der Waals surface area contributed by atoms with Crippen LogP contribution in [0.1, 0.15) is 33.6 Å². The normalized spacial score (nSPS) is 13.5. The van der Waals surface area contributed by atoms with Crippen molar-refractivity contribution in [2.24, 2.45) is 0 Å². The molecule has 0 amide bonds. The molecule has 1 aromatic heterocycles. The smallest absolute Gasteiger partial charge is 0.336 e. The Morgan fingerprint density at radius 2 is 1.94 bits per heavy atom. The van der Waals surface area contributed by atoms with Gasteiger partial charge >= 0.3 is 5.97 Å². The van der Waals surface area contributed by atoms with Crippen LogP contribution in [0.25, 0.3) is 21.7 Å². The van der Waals surface area contributed by atoms with Gasteiger partial charge in [0.25, 0.3) is 0 Å². The first kappa shape index (κ1) is 19.7. The van der Waals surface area contributed by atoms with Crippen molar-refractivity contribution < 1.29 is 19.4 Å². The third-order valence-electron chi connectivity index (χ3n) is 5.70. The average Bonchev–Trinajstić information content (AvgIpc) is 3.16. The topological polar surface area (TPSA) is 68.5 Å². The predicted molar refractivity (Wildman–Crippen MR) is 123 cm³/mol. The Morgan fingerprint density at radius 3 is 2.81 bits per heavy atom. The van der Waals surface area contributed by atoms with E-state index < -0.39 is 5.97 Å². The summed E-state index contributed by atoms with van der Waals surface area (Å²) in [5.41, 5.74) is 1.91. The second-order valence-electron chi connectivity index (χ2n) is 7.58. The summed E-state index contributed by atoms with van der Waals surface area (Å²) < 4.78 is 7.71. The van der Waals surface area contributed by atoms with E-state index in [2.05, 4.69) is 12.1 Å². The fourth-order valence-electron chi connectivity index (χ4n) is 4.26. The van der Waals surface area contributed by atoms with Gasteiger partial charge in [-0.3, -0.25) is 9.36 Å². The second-order valence-corrected chi connectivity index (χ2v) is 8.71. The molecular formula is C25H21NO4S. The molecule has 31 heavy (non-hydrogen) atoms. The number of carbonyl (C=O) groups excluding carboxylic acids is 1. The van der Waals surface area contributed by atoms with Crippen LogP contribution in [-0.2, 0) is 6.42 Å². The summed E-state index contributed by atoms with van der Waals surface area (Å²) in [6, 6.07) is 17.7. The average molecular weight is 432 g/mol. The van der Waals surface area contributed by atoms with Crippen molar-refractivity contribution in [1.29, 1.82) is 0 Å². The molecule has 1 aliphatic heterocycles. The van der Waals surface area contributed by atoms with E-state index in [0.29, 0.717) is 37.2 Å². The zero-order valence-electron chi connectivity index (χ0n) is 16.8. The maximum Gasteiger partial charge on any atom is 0.336 e. The number of ether oxygens (including phenoxy) is 1. The molecule has 5 nitrogen and oxygen atoms in total. The number of carboxylic acid groups (broad SMARTS) is 1. The second kappa shape index (κ2) is 8.12. The summed E-state index contributed by atoms with van der Waals surface area (Å²) in [5, 5.41) is 12.9. The van der Waals surface area contributed by atoms with E-state index in [1.807, 2.05) is 36.4 Å². The van der Waals surface area contributed by atoms with Gasteiger partial charge in [0.05, 0.1) is 17.7 Å². The number of nitrogens with zero attached hydrogens (tertiary/aromatic N) is 1. The van der Waals surface area contributed by atoms with Crippen molar-refractivity contribution in [2.75, 3.05) is 12.4 Å². The van der Waals surface area contributed by atoms with Crippen LogP contribution in [0.3, 0.4) is 0 Å². The van der Waals surface area contributed by atoms with Gasteiger partial charge in [0.1, 0.15) is 5.75 Å². The first-order chi connectivity index (χ1) is 15.1. The fraction of sp³-hybridized carbons (Fsp3) is 0.200. The van der Waals surface area contributed by atoms with Gasteiger partial charge in [-0.1, -0.05) is 36.4 Å². The van der Waals surface area contributed by atoms with Crippen LogP contribution < -0.4 is 4.74 Å². The summed E-state index contributed by atoms with van der Waals surface area (Å²) in [6.45, 7) is 0.477. The van der Waals surface area contributed by atoms with E-state index in [0.717, 1.165) is 37.9 Å². The van der Waals surface area contributed by atoms with E-state index in [9.17, 15) is 14.7 Å². The standard InChI is InChI=1S/C25H21NO4S/c27-23-11-14-31-22-15-20(25(28)29)18(19-10-12-26(23)24(19)22)8-4-13-30-21-9-3-6-16-5-1-2-7-17(16)21/h1-3,5-7,9-10,12,15H,4,8,11,13-14H2,(H,28,29). The highest BCUT2D eigenvalue weighted by molar-refractivity contribution is 7.99. The van der Waals surface area contributed by atoms with Crippen LogP contribution in [0.4, 0.5) is 0 Å². The van der Waals surface area contributed by atoms with Crippen molar-refractivity contribution in [1.82, 2.24) is 4.57 Å². The predicted octanol–water partition coefficient (Wildman–Crippen LogP) is 5.64. The molecule has 0 saturated carbocycles. The van der Waals surface area contributed by atoms with Gasteiger partial charge in [-0.05, 0) is 42.0 Å². The number of benzene rings is 3. The van der Waals surface area contributed by atoms with Gasteiger partial charge < -0.3 is 9.84 Å². The monoisotopic (exact) mass is 431 g/mol. The number of hydrogen-bond acceptors (Lipinski definition) is 4. The van der Waals surface area contributed by atoms with Crippen LogP contribution in [0.5, 0.6) is 5.75 Å².